The molecule has 2 heterocycles. The molecule has 6 heteroatoms. The van der Waals surface area contributed by atoms with Gasteiger partial charge in [-0.25, -0.2) is 0 Å². The lowest BCUT2D eigenvalue weighted by Crippen LogP contribution is -2.48. The Hall–Kier alpha value is -0.970. The van der Waals surface area contributed by atoms with Crippen LogP contribution in [0.5, 0.6) is 5.75 Å². The average molecular weight is 357 g/mol. The highest BCUT2D eigenvalue weighted by Crippen LogP contribution is 2.37. The maximum absolute atomic E-state index is 12.6. The largest absolute Gasteiger partial charge is 0.481 e. The van der Waals surface area contributed by atoms with Gasteiger partial charge in [-0.3, -0.25) is 4.79 Å². The lowest BCUT2D eigenvalue weighted by atomic mass is 9.78. The SMILES string of the molecule is CC(Oc1cc(Cl)cc(Cl)c1)C(=O)N1CCC2(CCNC2)CC1. The molecule has 0 radical (unpaired) electrons. The molecule has 1 amide bonds. The fourth-order valence-corrected chi connectivity index (χ4v) is 4.04. The van der Waals surface area contributed by atoms with E-state index in [0.29, 0.717) is 21.2 Å². The van der Waals surface area contributed by atoms with Crippen LogP contribution < -0.4 is 10.1 Å². The second-order valence-electron chi connectivity index (χ2n) is 6.62. The minimum atomic E-state index is -0.541. The normalized spacial score (nSPS) is 21.4. The second kappa shape index (κ2) is 6.88. The van der Waals surface area contributed by atoms with Crippen molar-refractivity contribution in [3.8, 4) is 5.75 Å². The summed E-state index contributed by atoms with van der Waals surface area (Å²) in [5, 5.41) is 4.44. The fraction of sp³-hybridized carbons (Fsp3) is 0.588. The molecular formula is C17H22Cl2N2O2. The molecule has 0 saturated carbocycles. The standard InChI is InChI=1S/C17H22Cl2N2O2/c1-12(23-15-9-13(18)8-14(19)10-15)16(22)21-6-3-17(4-7-21)2-5-20-11-17/h8-10,12,20H,2-7,11H2,1H3. The number of carbonyl (C=O) groups excluding carboxylic acids is 1. The van der Waals surface area contributed by atoms with Crippen LogP contribution in [0.2, 0.25) is 10.0 Å². The number of nitrogens with one attached hydrogen (secondary N) is 1. The van der Waals surface area contributed by atoms with Crippen molar-refractivity contribution in [1.82, 2.24) is 10.2 Å². The number of hydrogen-bond acceptors (Lipinski definition) is 3. The fourth-order valence-electron chi connectivity index (χ4n) is 3.53. The molecular weight excluding hydrogens is 335 g/mol. The second-order valence-corrected chi connectivity index (χ2v) is 7.49. The zero-order valence-corrected chi connectivity index (χ0v) is 14.8. The Morgan fingerprint density at radius 3 is 2.43 bits per heavy atom. The van der Waals surface area contributed by atoms with E-state index in [1.165, 1.54) is 6.42 Å². The molecule has 0 aromatic heterocycles. The molecule has 1 spiro atoms. The Morgan fingerprint density at radius 2 is 1.87 bits per heavy atom. The predicted octanol–water partition coefficient (Wildman–Crippen LogP) is 3.36. The van der Waals surface area contributed by atoms with Crippen LogP contribution in [-0.4, -0.2) is 43.1 Å². The van der Waals surface area contributed by atoms with Crippen LogP contribution in [0.1, 0.15) is 26.2 Å². The van der Waals surface area contributed by atoms with E-state index in [4.69, 9.17) is 27.9 Å². The van der Waals surface area contributed by atoms with Gasteiger partial charge in [0.25, 0.3) is 5.91 Å². The number of piperidine rings is 1. The zero-order chi connectivity index (χ0) is 16.4. The van der Waals surface area contributed by atoms with E-state index in [0.717, 1.165) is 39.0 Å². The highest BCUT2D eigenvalue weighted by Gasteiger charge is 2.38. The first-order valence-corrected chi connectivity index (χ1v) is 8.85. The number of halogens is 2. The Labute approximate surface area is 147 Å². The Morgan fingerprint density at radius 1 is 1.22 bits per heavy atom. The van der Waals surface area contributed by atoms with Crippen LogP contribution in [0.15, 0.2) is 18.2 Å². The predicted molar refractivity (Wildman–Crippen MR) is 92.3 cm³/mol. The van der Waals surface area contributed by atoms with Crippen LogP contribution in [0.25, 0.3) is 0 Å². The van der Waals surface area contributed by atoms with Crippen molar-refractivity contribution in [1.29, 1.82) is 0 Å². The molecule has 1 atom stereocenters. The Kier molecular flexibility index (Phi) is 5.04. The molecule has 1 unspecified atom stereocenters. The van der Waals surface area contributed by atoms with E-state index in [1.807, 2.05) is 4.90 Å². The lowest BCUT2D eigenvalue weighted by molar-refractivity contribution is -0.140. The minimum absolute atomic E-state index is 0.0295. The van der Waals surface area contributed by atoms with Crippen molar-refractivity contribution >= 4 is 29.1 Å². The zero-order valence-electron chi connectivity index (χ0n) is 13.3. The number of likely N-dealkylation sites (tertiary alicyclic amines) is 1. The molecule has 3 rings (SSSR count). The van der Waals surface area contributed by atoms with E-state index in [9.17, 15) is 4.79 Å². The summed E-state index contributed by atoms with van der Waals surface area (Å²) in [7, 11) is 0. The molecule has 0 aliphatic carbocycles. The Balaban J connectivity index is 1.57. The summed E-state index contributed by atoms with van der Waals surface area (Å²) in [4.78, 5) is 14.5. The van der Waals surface area contributed by atoms with Gasteiger partial charge in [-0.15, -0.1) is 0 Å². The first kappa shape index (κ1) is 16.9. The minimum Gasteiger partial charge on any atom is -0.481 e. The van der Waals surface area contributed by atoms with Gasteiger partial charge in [-0.05, 0) is 56.3 Å². The van der Waals surface area contributed by atoms with E-state index < -0.39 is 6.10 Å². The monoisotopic (exact) mass is 356 g/mol. The van der Waals surface area contributed by atoms with Gasteiger partial charge >= 0.3 is 0 Å². The highest BCUT2D eigenvalue weighted by molar-refractivity contribution is 6.34. The van der Waals surface area contributed by atoms with E-state index >= 15 is 0 Å². The van der Waals surface area contributed by atoms with Crippen LogP contribution in [0.4, 0.5) is 0 Å². The molecule has 1 aromatic rings. The number of rotatable bonds is 3. The van der Waals surface area contributed by atoms with Gasteiger partial charge in [0.15, 0.2) is 6.10 Å². The summed E-state index contributed by atoms with van der Waals surface area (Å²) < 4.78 is 5.74. The molecule has 23 heavy (non-hydrogen) atoms. The van der Waals surface area contributed by atoms with Gasteiger partial charge in [-0.2, -0.15) is 0 Å². The number of hydrogen-bond donors (Lipinski definition) is 1. The molecule has 2 aliphatic heterocycles. The van der Waals surface area contributed by atoms with Crippen LogP contribution in [0.3, 0.4) is 0 Å². The third-order valence-electron chi connectivity index (χ3n) is 4.96. The van der Waals surface area contributed by atoms with E-state index in [1.54, 1.807) is 25.1 Å². The number of benzene rings is 1. The first-order valence-electron chi connectivity index (χ1n) is 8.10. The van der Waals surface area contributed by atoms with Crippen molar-refractivity contribution in [2.24, 2.45) is 5.41 Å². The number of nitrogens with zero attached hydrogens (tertiary/aromatic N) is 1. The molecule has 2 saturated heterocycles. The van der Waals surface area contributed by atoms with E-state index in [-0.39, 0.29) is 5.91 Å². The topological polar surface area (TPSA) is 41.6 Å². The third kappa shape index (κ3) is 3.93. The number of carbonyl (C=O) groups is 1. The highest BCUT2D eigenvalue weighted by atomic mass is 35.5. The summed E-state index contributed by atoms with van der Waals surface area (Å²) in [5.74, 6) is 0.554. The maximum Gasteiger partial charge on any atom is 0.263 e. The molecule has 0 bridgehead atoms. The molecule has 1 aromatic carbocycles. The van der Waals surface area contributed by atoms with Crippen LogP contribution >= 0.6 is 23.2 Å². The molecule has 4 nitrogen and oxygen atoms in total. The summed E-state index contributed by atoms with van der Waals surface area (Å²) in [6, 6.07) is 4.99. The van der Waals surface area contributed by atoms with Crippen LogP contribution in [-0.2, 0) is 4.79 Å². The Bertz CT molecular complexity index is 558. The summed E-state index contributed by atoms with van der Waals surface area (Å²) >= 11 is 11.9. The number of amides is 1. The lowest BCUT2D eigenvalue weighted by Gasteiger charge is -2.39. The van der Waals surface area contributed by atoms with Crippen LogP contribution in [0, 0.1) is 5.41 Å². The maximum atomic E-state index is 12.6. The molecule has 2 fully saturated rings. The van der Waals surface area contributed by atoms with Crippen molar-refractivity contribution in [3.63, 3.8) is 0 Å². The van der Waals surface area contributed by atoms with Gasteiger partial charge in [0.05, 0.1) is 0 Å². The molecule has 126 valence electrons. The molecule has 1 N–H and O–H groups in total. The van der Waals surface area contributed by atoms with Crippen molar-refractivity contribution in [3.05, 3.63) is 28.2 Å². The van der Waals surface area contributed by atoms with Gasteiger partial charge < -0.3 is 15.0 Å². The summed E-state index contributed by atoms with van der Waals surface area (Å²) in [6.07, 6.45) is 2.82. The van der Waals surface area contributed by atoms with Gasteiger partial charge in [0.2, 0.25) is 0 Å². The van der Waals surface area contributed by atoms with Crippen molar-refractivity contribution < 1.29 is 9.53 Å². The van der Waals surface area contributed by atoms with Gasteiger partial charge in [0, 0.05) is 29.7 Å². The number of ether oxygens (including phenoxy) is 1. The third-order valence-corrected chi connectivity index (χ3v) is 5.40. The smallest absolute Gasteiger partial charge is 0.263 e. The summed E-state index contributed by atoms with van der Waals surface area (Å²) in [6.45, 7) is 5.58. The van der Waals surface area contributed by atoms with E-state index in [2.05, 4.69) is 5.32 Å². The van der Waals surface area contributed by atoms with Gasteiger partial charge in [0.1, 0.15) is 5.75 Å². The van der Waals surface area contributed by atoms with Crippen molar-refractivity contribution in [2.45, 2.75) is 32.3 Å². The average Bonchev–Trinajstić information content (AvgIpc) is 2.94. The summed E-state index contributed by atoms with van der Waals surface area (Å²) in [5.41, 5.74) is 0.404. The molecule has 2 aliphatic rings. The quantitative estimate of drug-likeness (QED) is 0.902. The first-order chi connectivity index (χ1) is 11.0. The van der Waals surface area contributed by atoms with Gasteiger partial charge in [-0.1, -0.05) is 23.2 Å². The van der Waals surface area contributed by atoms with Crippen molar-refractivity contribution in [2.75, 3.05) is 26.2 Å².